The van der Waals surface area contributed by atoms with E-state index in [2.05, 4.69) is 72.8 Å². The van der Waals surface area contributed by atoms with Gasteiger partial charge in [-0.2, -0.15) is 0 Å². The number of nitrogens with zero attached hydrogens (tertiary/aromatic N) is 3. The summed E-state index contributed by atoms with van der Waals surface area (Å²) in [7, 11) is 1.73. The summed E-state index contributed by atoms with van der Waals surface area (Å²) in [5.74, 6) is 0.706. The Balaban J connectivity index is 1.55. The highest BCUT2D eigenvalue weighted by atomic mass is 16.5. The van der Waals surface area contributed by atoms with E-state index in [4.69, 9.17) is 4.74 Å². The topological polar surface area (TPSA) is 47.4 Å². The number of carbonyl (C=O) groups is 1. The molecule has 5 heteroatoms. The predicted octanol–water partition coefficient (Wildman–Crippen LogP) is 5.05. The normalized spacial score (nSPS) is 17.7. The number of hydrogen-bond donors (Lipinski definition) is 0. The minimum absolute atomic E-state index is 0.170. The van der Waals surface area contributed by atoms with Crippen LogP contribution in [-0.2, 0) is 16.1 Å². The van der Waals surface area contributed by atoms with Gasteiger partial charge in [-0.3, -0.25) is 4.79 Å². The molecule has 1 aliphatic rings. The summed E-state index contributed by atoms with van der Waals surface area (Å²) in [6.45, 7) is 7.83. The molecule has 2 unspecified atom stereocenters. The maximum Gasteiger partial charge on any atom is 0.227 e. The third-order valence-electron chi connectivity index (χ3n) is 6.20. The summed E-state index contributed by atoms with van der Waals surface area (Å²) in [5.41, 5.74) is 6.69. The van der Waals surface area contributed by atoms with Gasteiger partial charge in [0.1, 0.15) is 6.10 Å². The lowest BCUT2D eigenvalue weighted by Gasteiger charge is -2.31. The smallest absolute Gasteiger partial charge is 0.227 e. The van der Waals surface area contributed by atoms with Crippen LogP contribution in [0.25, 0.3) is 0 Å². The van der Waals surface area contributed by atoms with Crippen LogP contribution in [0.4, 0.5) is 5.69 Å². The Hall–Kier alpha value is -2.92. The minimum Gasteiger partial charge on any atom is -0.370 e. The van der Waals surface area contributed by atoms with Gasteiger partial charge in [0.05, 0.1) is 18.2 Å². The van der Waals surface area contributed by atoms with Gasteiger partial charge in [0.15, 0.2) is 0 Å². The zero-order valence-corrected chi connectivity index (χ0v) is 18.8. The van der Waals surface area contributed by atoms with Gasteiger partial charge in [0, 0.05) is 32.3 Å². The molecule has 2 atom stereocenters. The van der Waals surface area contributed by atoms with Gasteiger partial charge in [0.25, 0.3) is 0 Å². The number of benzene rings is 2. The summed E-state index contributed by atoms with van der Waals surface area (Å²) in [6, 6.07) is 14.8. The molecule has 5 nitrogen and oxygen atoms in total. The van der Waals surface area contributed by atoms with Crippen LogP contribution in [0.15, 0.2) is 55.0 Å². The SMILES string of the molecule is COC(c1ccc(C)cc1)c1cncn1Cc1ccc(N2CCC(C)CC2=O)c(C)c1. The largest absolute Gasteiger partial charge is 0.370 e. The molecule has 0 spiro atoms. The van der Waals surface area contributed by atoms with E-state index in [0.29, 0.717) is 18.9 Å². The highest BCUT2D eigenvalue weighted by Gasteiger charge is 2.25. The number of imidazole rings is 1. The van der Waals surface area contributed by atoms with Crippen molar-refractivity contribution >= 4 is 11.6 Å². The second kappa shape index (κ2) is 9.06. The number of amides is 1. The first-order valence-electron chi connectivity index (χ1n) is 11.0. The Kier molecular flexibility index (Phi) is 6.23. The molecule has 31 heavy (non-hydrogen) atoms. The number of rotatable bonds is 6. The van der Waals surface area contributed by atoms with E-state index in [1.165, 1.54) is 11.1 Å². The number of hydrogen-bond acceptors (Lipinski definition) is 3. The first kappa shape index (κ1) is 21.3. The fourth-order valence-electron chi connectivity index (χ4n) is 4.41. The van der Waals surface area contributed by atoms with Gasteiger partial charge in [-0.15, -0.1) is 0 Å². The van der Waals surface area contributed by atoms with E-state index in [1.54, 1.807) is 7.11 Å². The molecule has 0 radical (unpaired) electrons. The molecule has 1 aliphatic heterocycles. The van der Waals surface area contributed by atoms with Crippen molar-refractivity contribution in [1.29, 1.82) is 0 Å². The van der Waals surface area contributed by atoms with Crippen LogP contribution < -0.4 is 4.90 Å². The number of aromatic nitrogens is 2. The van der Waals surface area contributed by atoms with Crippen molar-refractivity contribution in [1.82, 2.24) is 9.55 Å². The Morgan fingerprint density at radius 2 is 1.94 bits per heavy atom. The van der Waals surface area contributed by atoms with Crippen LogP contribution in [0.2, 0.25) is 0 Å². The molecule has 1 saturated heterocycles. The Morgan fingerprint density at radius 1 is 1.16 bits per heavy atom. The number of ether oxygens (including phenoxy) is 1. The van der Waals surface area contributed by atoms with Gasteiger partial charge >= 0.3 is 0 Å². The van der Waals surface area contributed by atoms with Crippen molar-refractivity contribution in [3.63, 3.8) is 0 Å². The maximum absolute atomic E-state index is 12.5. The lowest BCUT2D eigenvalue weighted by Crippen LogP contribution is -2.38. The molecule has 0 saturated carbocycles. The van der Waals surface area contributed by atoms with E-state index in [9.17, 15) is 4.79 Å². The number of aryl methyl sites for hydroxylation is 2. The van der Waals surface area contributed by atoms with Crippen LogP contribution >= 0.6 is 0 Å². The molecular formula is C26H31N3O2. The minimum atomic E-state index is -0.170. The van der Waals surface area contributed by atoms with E-state index >= 15 is 0 Å². The van der Waals surface area contributed by atoms with E-state index in [1.807, 2.05) is 17.4 Å². The molecule has 3 aromatic rings. The standard InChI is InChI=1S/C26H31N3O2/c1-18-5-8-22(9-6-18)26(31-4)24-15-27-17-28(24)16-21-7-10-23(20(3)14-21)29-12-11-19(2)13-25(29)30/h5-10,14-15,17,19,26H,11-13,16H2,1-4H3. The molecule has 2 aromatic carbocycles. The molecular weight excluding hydrogens is 386 g/mol. The second-order valence-electron chi connectivity index (χ2n) is 8.74. The van der Waals surface area contributed by atoms with Crippen molar-refractivity contribution in [3.8, 4) is 0 Å². The zero-order valence-electron chi connectivity index (χ0n) is 18.8. The summed E-state index contributed by atoms with van der Waals surface area (Å²) >= 11 is 0. The molecule has 2 heterocycles. The quantitative estimate of drug-likeness (QED) is 0.564. The first-order chi connectivity index (χ1) is 15.0. The number of piperidine rings is 1. The third kappa shape index (κ3) is 4.57. The van der Waals surface area contributed by atoms with Crippen molar-refractivity contribution in [2.24, 2.45) is 5.92 Å². The molecule has 1 fully saturated rings. The molecule has 162 valence electrons. The van der Waals surface area contributed by atoms with E-state index in [-0.39, 0.29) is 12.0 Å². The third-order valence-corrected chi connectivity index (χ3v) is 6.20. The van der Waals surface area contributed by atoms with Crippen LogP contribution in [0.1, 0.15) is 53.8 Å². The molecule has 0 bridgehead atoms. The van der Waals surface area contributed by atoms with Crippen LogP contribution in [0.3, 0.4) is 0 Å². The summed E-state index contributed by atoms with van der Waals surface area (Å²) in [6.07, 6.45) is 5.26. The van der Waals surface area contributed by atoms with Gasteiger partial charge in [0.2, 0.25) is 5.91 Å². The number of carbonyl (C=O) groups excluding carboxylic acids is 1. The van der Waals surface area contributed by atoms with Crippen molar-refractivity contribution in [3.05, 3.63) is 82.9 Å². The maximum atomic E-state index is 12.5. The lowest BCUT2D eigenvalue weighted by atomic mass is 9.97. The fourth-order valence-corrected chi connectivity index (χ4v) is 4.41. The van der Waals surface area contributed by atoms with Gasteiger partial charge in [-0.25, -0.2) is 4.98 Å². The zero-order chi connectivity index (χ0) is 22.0. The number of methoxy groups -OCH3 is 1. The highest BCUT2D eigenvalue weighted by Crippen LogP contribution is 2.29. The van der Waals surface area contributed by atoms with Gasteiger partial charge in [-0.1, -0.05) is 48.9 Å². The van der Waals surface area contributed by atoms with Crippen molar-refractivity contribution in [2.75, 3.05) is 18.6 Å². The predicted molar refractivity (Wildman–Crippen MR) is 123 cm³/mol. The molecule has 1 amide bonds. The Labute approximate surface area is 184 Å². The summed E-state index contributed by atoms with van der Waals surface area (Å²) in [4.78, 5) is 18.8. The number of anilines is 1. The monoisotopic (exact) mass is 417 g/mol. The van der Waals surface area contributed by atoms with Crippen LogP contribution in [0, 0.1) is 19.8 Å². The Bertz CT molecular complexity index is 1050. The van der Waals surface area contributed by atoms with Crippen LogP contribution in [-0.4, -0.2) is 29.1 Å². The molecule has 0 N–H and O–H groups in total. The van der Waals surface area contributed by atoms with E-state index in [0.717, 1.165) is 35.5 Å². The van der Waals surface area contributed by atoms with Gasteiger partial charge in [-0.05, 0) is 48.9 Å². The lowest BCUT2D eigenvalue weighted by molar-refractivity contribution is -0.120. The van der Waals surface area contributed by atoms with Crippen molar-refractivity contribution in [2.45, 2.75) is 46.3 Å². The molecule has 1 aromatic heterocycles. The molecule has 4 rings (SSSR count). The van der Waals surface area contributed by atoms with E-state index < -0.39 is 0 Å². The highest BCUT2D eigenvalue weighted by molar-refractivity contribution is 5.94. The first-order valence-corrected chi connectivity index (χ1v) is 11.0. The fraction of sp³-hybridized carbons (Fsp3) is 0.385. The second-order valence-corrected chi connectivity index (χ2v) is 8.74. The Morgan fingerprint density at radius 3 is 2.61 bits per heavy atom. The van der Waals surface area contributed by atoms with Crippen molar-refractivity contribution < 1.29 is 9.53 Å². The summed E-state index contributed by atoms with van der Waals surface area (Å²) < 4.78 is 7.97. The van der Waals surface area contributed by atoms with Gasteiger partial charge < -0.3 is 14.2 Å². The van der Waals surface area contributed by atoms with Crippen LogP contribution in [0.5, 0.6) is 0 Å². The summed E-state index contributed by atoms with van der Waals surface area (Å²) in [5, 5.41) is 0. The molecule has 0 aliphatic carbocycles. The average molecular weight is 418 g/mol. The average Bonchev–Trinajstić information content (AvgIpc) is 3.19.